The molecule has 12 heavy (non-hydrogen) atoms. The zero-order valence-electron chi connectivity index (χ0n) is 8.31. The Morgan fingerprint density at radius 1 is 1.42 bits per heavy atom. The highest BCUT2D eigenvalue weighted by molar-refractivity contribution is 5.85. The van der Waals surface area contributed by atoms with Crippen molar-refractivity contribution in [1.82, 2.24) is 5.32 Å². The van der Waals surface area contributed by atoms with E-state index in [4.69, 9.17) is 0 Å². The zero-order chi connectivity index (χ0) is 9.19. The standard InChI is InChI=1S/C10H19NO/c1-10(2,3)9(12)7-11-8-5-4-6-8/h8,11H,4-7H2,1-3H3. The number of Topliss-reactive ketones (excluding diaryl/α,β-unsaturated/α-hetero) is 1. The monoisotopic (exact) mass is 169 g/mol. The van der Waals surface area contributed by atoms with Gasteiger partial charge in [0.2, 0.25) is 0 Å². The molecule has 2 heteroatoms. The number of hydrogen-bond acceptors (Lipinski definition) is 2. The first kappa shape index (κ1) is 9.72. The van der Waals surface area contributed by atoms with Crippen molar-refractivity contribution >= 4 is 5.78 Å². The number of carbonyl (C=O) groups is 1. The summed E-state index contributed by atoms with van der Waals surface area (Å²) in [7, 11) is 0. The van der Waals surface area contributed by atoms with Gasteiger partial charge in [0, 0.05) is 11.5 Å². The molecule has 0 unspecified atom stereocenters. The molecule has 0 aliphatic heterocycles. The maximum Gasteiger partial charge on any atom is 0.151 e. The highest BCUT2D eigenvalue weighted by Gasteiger charge is 2.23. The predicted octanol–water partition coefficient (Wildman–Crippen LogP) is 1.74. The molecule has 0 amide bonds. The molecule has 70 valence electrons. The largest absolute Gasteiger partial charge is 0.307 e. The maximum absolute atomic E-state index is 11.4. The van der Waals surface area contributed by atoms with Crippen molar-refractivity contribution in [2.75, 3.05) is 6.54 Å². The van der Waals surface area contributed by atoms with Crippen molar-refractivity contribution < 1.29 is 4.79 Å². The topological polar surface area (TPSA) is 29.1 Å². The number of rotatable bonds is 3. The van der Waals surface area contributed by atoms with E-state index in [-0.39, 0.29) is 5.41 Å². The third-order valence-electron chi connectivity index (χ3n) is 2.49. The van der Waals surface area contributed by atoms with E-state index < -0.39 is 0 Å². The van der Waals surface area contributed by atoms with E-state index in [1.54, 1.807) is 0 Å². The van der Waals surface area contributed by atoms with Crippen LogP contribution in [0.25, 0.3) is 0 Å². The van der Waals surface area contributed by atoms with Crippen LogP contribution in [0.2, 0.25) is 0 Å². The molecule has 1 saturated carbocycles. The smallest absolute Gasteiger partial charge is 0.151 e. The molecule has 1 aliphatic rings. The van der Waals surface area contributed by atoms with Gasteiger partial charge in [-0.2, -0.15) is 0 Å². The van der Waals surface area contributed by atoms with Crippen LogP contribution in [0, 0.1) is 5.41 Å². The summed E-state index contributed by atoms with van der Waals surface area (Å²) in [5, 5.41) is 3.28. The Morgan fingerprint density at radius 3 is 2.33 bits per heavy atom. The average molecular weight is 169 g/mol. The van der Waals surface area contributed by atoms with Crippen LogP contribution in [0.5, 0.6) is 0 Å². The molecule has 0 atom stereocenters. The Hall–Kier alpha value is -0.370. The van der Waals surface area contributed by atoms with Crippen LogP contribution in [0.3, 0.4) is 0 Å². The summed E-state index contributed by atoms with van der Waals surface area (Å²) in [4.78, 5) is 11.4. The summed E-state index contributed by atoms with van der Waals surface area (Å²) in [5.41, 5.74) is -0.184. The van der Waals surface area contributed by atoms with E-state index in [0.717, 1.165) is 0 Å². The summed E-state index contributed by atoms with van der Waals surface area (Å²) in [6.07, 6.45) is 3.82. The molecular formula is C10H19NO. The van der Waals surface area contributed by atoms with Gasteiger partial charge >= 0.3 is 0 Å². The van der Waals surface area contributed by atoms with Crippen LogP contribution >= 0.6 is 0 Å². The van der Waals surface area contributed by atoms with Crippen LogP contribution in [0.1, 0.15) is 40.0 Å². The highest BCUT2D eigenvalue weighted by atomic mass is 16.1. The molecule has 2 nitrogen and oxygen atoms in total. The van der Waals surface area contributed by atoms with Crippen LogP contribution in [0.4, 0.5) is 0 Å². The van der Waals surface area contributed by atoms with E-state index in [0.29, 0.717) is 18.4 Å². The first-order valence-corrected chi connectivity index (χ1v) is 4.77. The van der Waals surface area contributed by atoms with E-state index in [1.165, 1.54) is 19.3 Å². The second-order valence-electron chi connectivity index (χ2n) is 4.68. The predicted molar refractivity (Wildman–Crippen MR) is 50.1 cm³/mol. The number of hydrogen-bond donors (Lipinski definition) is 1. The van der Waals surface area contributed by atoms with E-state index >= 15 is 0 Å². The van der Waals surface area contributed by atoms with Gasteiger partial charge in [0.1, 0.15) is 0 Å². The number of carbonyl (C=O) groups excluding carboxylic acids is 1. The fourth-order valence-electron chi connectivity index (χ4n) is 1.11. The normalized spacial score (nSPS) is 18.9. The van der Waals surface area contributed by atoms with Gasteiger partial charge in [-0.25, -0.2) is 0 Å². The Labute approximate surface area is 74.7 Å². The van der Waals surface area contributed by atoms with Gasteiger partial charge in [-0.15, -0.1) is 0 Å². The van der Waals surface area contributed by atoms with Crippen molar-refractivity contribution in [3.63, 3.8) is 0 Å². The van der Waals surface area contributed by atoms with E-state index in [1.807, 2.05) is 20.8 Å². The number of ketones is 1. The lowest BCUT2D eigenvalue weighted by atomic mass is 9.89. The lowest BCUT2D eigenvalue weighted by Crippen LogP contribution is -2.41. The minimum Gasteiger partial charge on any atom is -0.307 e. The van der Waals surface area contributed by atoms with Gasteiger partial charge in [0.25, 0.3) is 0 Å². The highest BCUT2D eigenvalue weighted by Crippen LogP contribution is 2.19. The van der Waals surface area contributed by atoms with Gasteiger partial charge in [-0.3, -0.25) is 4.79 Å². The third kappa shape index (κ3) is 2.59. The molecule has 0 aromatic heterocycles. The van der Waals surface area contributed by atoms with Crippen LogP contribution in [-0.2, 0) is 4.79 Å². The average Bonchev–Trinajstić information content (AvgIpc) is 1.81. The van der Waals surface area contributed by atoms with Crippen molar-refractivity contribution in [3.05, 3.63) is 0 Å². The van der Waals surface area contributed by atoms with E-state index in [9.17, 15) is 4.79 Å². The van der Waals surface area contributed by atoms with Crippen LogP contribution in [-0.4, -0.2) is 18.4 Å². The summed E-state index contributed by atoms with van der Waals surface area (Å²) >= 11 is 0. The molecule has 0 spiro atoms. The first-order valence-electron chi connectivity index (χ1n) is 4.77. The van der Waals surface area contributed by atoms with Crippen molar-refractivity contribution in [2.24, 2.45) is 5.41 Å². The fourth-order valence-corrected chi connectivity index (χ4v) is 1.11. The Kier molecular flexibility index (Phi) is 2.89. The van der Waals surface area contributed by atoms with Crippen LogP contribution in [0.15, 0.2) is 0 Å². The molecular weight excluding hydrogens is 150 g/mol. The Bertz CT molecular complexity index is 165. The second-order valence-corrected chi connectivity index (χ2v) is 4.68. The van der Waals surface area contributed by atoms with Gasteiger partial charge in [0.05, 0.1) is 6.54 Å². The van der Waals surface area contributed by atoms with Gasteiger partial charge in [-0.05, 0) is 12.8 Å². The molecule has 0 aromatic rings. The Balaban J connectivity index is 2.17. The summed E-state index contributed by atoms with van der Waals surface area (Å²) in [6, 6.07) is 0.622. The van der Waals surface area contributed by atoms with Gasteiger partial charge < -0.3 is 5.32 Å². The molecule has 0 saturated heterocycles. The molecule has 1 rings (SSSR count). The first-order chi connectivity index (χ1) is 5.50. The van der Waals surface area contributed by atoms with Crippen molar-refractivity contribution in [1.29, 1.82) is 0 Å². The SMILES string of the molecule is CC(C)(C)C(=O)CNC1CCC1. The molecule has 1 N–H and O–H groups in total. The molecule has 0 bridgehead atoms. The molecule has 0 aromatic carbocycles. The van der Waals surface area contributed by atoms with Crippen molar-refractivity contribution in [2.45, 2.75) is 46.1 Å². The quantitative estimate of drug-likeness (QED) is 0.697. The lowest BCUT2D eigenvalue weighted by Gasteiger charge is -2.27. The van der Waals surface area contributed by atoms with Crippen molar-refractivity contribution in [3.8, 4) is 0 Å². The van der Waals surface area contributed by atoms with Crippen LogP contribution < -0.4 is 5.32 Å². The Morgan fingerprint density at radius 2 is 2.00 bits per heavy atom. The van der Waals surface area contributed by atoms with Gasteiger partial charge in [-0.1, -0.05) is 27.2 Å². The summed E-state index contributed by atoms with van der Waals surface area (Å²) in [5.74, 6) is 0.314. The lowest BCUT2D eigenvalue weighted by molar-refractivity contribution is -0.125. The molecule has 0 radical (unpaired) electrons. The molecule has 1 fully saturated rings. The van der Waals surface area contributed by atoms with E-state index in [2.05, 4.69) is 5.32 Å². The molecule has 1 aliphatic carbocycles. The maximum atomic E-state index is 11.4. The van der Waals surface area contributed by atoms with Gasteiger partial charge in [0.15, 0.2) is 5.78 Å². The zero-order valence-corrected chi connectivity index (χ0v) is 8.31. The fraction of sp³-hybridized carbons (Fsp3) is 0.900. The molecule has 0 heterocycles. The second kappa shape index (κ2) is 3.56. The summed E-state index contributed by atoms with van der Waals surface area (Å²) in [6.45, 7) is 6.46. The number of nitrogens with one attached hydrogen (secondary N) is 1. The third-order valence-corrected chi connectivity index (χ3v) is 2.49. The summed E-state index contributed by atoms with van der Waals surface area (Å²) < 4.78 is 0. The minimum absolute atomic E-state index is 0.184. The minimum atomic E-state index is -0.184.